The maximum atomic E-state index is 12.1. The SMILES string of the molecule is N#C/C(=C/c1ccccc1Cl)C(=O)Nc1cccc(Br)c1. The van der Waals surface area contributed by atoms with Crippen LogP contribution in [0.1, 0.15) is 5.56 Å². The molecule has 1 amide bonds. The zero-order chi connectivity index (χ0) is 15.2. The molecule has 0 unspecified atom stereocenters. The van der Waals surface area contributed by atoms with Gasteiger partial charge in [0, 0.05) is 15.2 Å². The number of anilines is 1. The lowest BCUT2D eigenvalue weighted by molar-refractivity contribution is -0.112. The minimum Gasteiger partial charge on any atom is -0.321 e. The molecule has 0 atom stereocenters. The molecule has 104 valence electrons. The monoisotopic (exact) mass is 360 g/mol. The van der Waals surface area contributed by atoms with Crippen molar-refractivity contribution in [3.8, 4) is 6.07 Å². The van der Waals surface area contributed by atoms with E-state index in [1.54, 1.807) is 42.5 Å². The lowest BCUT2D eigenvalue weighted by Gasteiger charge is -2.05. The molecule has 0 saturated heterocycles. The van der Waals surface area contributed by atoms with Crippen molar-refractivity contribution in [1.82, 2.24) is 0 Å². The fourth-order valence-corrected chi connectivity index (χ4v) is 2.25. The van der Waals surface area contributed by atoms with Crippen LogP contribution in [0.15, 0.2) is 58.6 Å². The Bertz CT molecular complexity index is 750. The van der Waals surface area contributed by atoms with Gasteiger partial charge in [-0.05, 0) is 35.9 Å². The maximum Gasteiger partial charge on any atom is 0.266 e. The number of hydrogen-bond acceptors (Lipinski definition) is 2. The lowest BCUT2D eigenvalue weighted by atomic mass is 10.1. The first-order valence-corrected chi connectivity index (χ1v) is 7.20. The highest BCUT2D eigenvalue weighted by molar-refractivity contribution is 9.10. The highest BCUT2D eigenvalue weighted by Crippen LogP contribution is 2.20. The second kappa shape index (κ2) is 7.07. The number of nitriles is 1. The number of carbonyl (C=O) groups excluding carboxylic acids is 1. The van der Waals surface area contributed by atoms with Crippen molar-refractivity contribution in [2.75, 3.05) is 5.32 Å². The van der Waals surface area contributed by atoms with Crippen molar-refractivity contribution in [2.24, 2.45) is 0 Å². The van der Waals surface area contributed by atoms with Gasteiger partial charge in [0.15, 0.2) is 0 Å². The van der Waals surface area contributed by atoms with Gasteiger partial charge in [0.25, 0.3) is 5.91 Å². The van der Waals surface area contributed by atoms with E-state index in [2.05, 4.69) is 21.2 Å². The summed E-state index contributed by atoms with van der Waals surface area (Å²) in [4.78, 5) is 12.1. The molecule has 0 aromatic heterocycles. The van der Waals surface area contributed by atoms with E-state index < -0.39 is 5.91 Å². The van der Waals surface area contributed by atoms with E-state index >= 15 is 0 Å². The molecule has 0 spiro atoms. The molecule has 0 aliphatic rings. The van der Waals surface area contributed by atoms with Crippen LogP contribution in [0.25, 0.3) is 6.08 Å². The van der Waals surface area contributed by atoms with Crippen molar-refractivity contribution >= 4 is 45.2 Å². The zero-order valence-electron chi connectivity index (χ0n) is 10.8. The van der Waals surface area contributed by atoms with Gasteiger partial charge >= 0.3 is 0 Å². The Hall–Kier alpha value is -2.09. The number of carbonyl (C=O) groups is 1. The Morgan fingerprint density at radius 3 is 2.67 bits per heavy atom. The van der Waals surface area contributed by atoms with E-state index in [0.717, 1.165) is 4.47 Å². The van der Waals surface area contributed by atoms with Gasteiger partial charge in [-0.15, -0.1) is 0 Å². The fourth-order valence-electron chi connectivity index (χ4n) is 1.66. The van der Waals surface area contributed by atoms with Crippen molar-refractivity contribution in [2.45, 2.75) is 0 Å². The van der Waals surface area contributed by atoms with E-state index in [1.807, 2.05) is 12.1 Å². The summed E-state index contributed by atoms with van der Waals surface area (Å²) >= 11 is 9.34. The lowest BCUT2D eigenvalue weighted by Crippen LogP contribution is -2.13. The summed E-state index contributed by atoms with van der Waals surface area (Å²) in [5.41, 5.74) is 1.22. The van der Waals surface area contributed by atoms with Crippen LogP contribution in [0.2, 0.25) is 5.02 Å². The van der Waals surface area contributed by atoms with Crippen LogP contribution in [0, 0.1) is 11.3 Å². The summed E-state index contributed by atoms with van der Waals surface area (Å²) < 4.78 is 0.842. The normalized spacial score (nSPS) is 10.8. The molecule has 0 radical (unpaired) electrons. The van der Waals surface area contributed by atoms with Crippen LogP contribution in [0.4, 0.5) is 5.69 Å². The molecular weight excluding hydrogens is 352 g/mol. The summed E-state index contributed by atoms with van der Waals surface area (Å²) in [6.45, 7) is 0. The molecule has 2 aromatic rings. The van der Waals surface area contributed by atoms with Crippen molar-refractivity contribution in [3.63, 3.8) is 0 Å². The topological polar surface area (TPSA) is 52.9 Å². The summed E-state index contributed by atoms with van der Waals surface area (Å²) in [7, 11) is 0. The molecule has 2 rings (SSSR count). The third-order valence-corrected chi connectivity index (χ3v) is 3.49. The second-order valence-electron chi connectivity index (χ2n) is 4.16. The summed E-state index contributed by atoms with van der Waals surface area (Å²) in [6.07, 6.45) is 1.47. The molecule has 0 bridgehead atoms. The molecule has 0 aliphatic heterocycles. The highest BCUT2D eigenvalue weighted by atomic mass is 79.9. The molecule has 3 nitrogen and oxygen atoms in total. The van der Waals surface area contributed by atoms with Gasteiger partial charge in [-0.3, -0.25) is 4.79 Å². The molecule has 0 fully saturated rings. The highest BCUT2D eigenvalue weighted by Gasteiger charge is 2.10. The quantitative estimate of drug-likeness (QED) is 0.639. The standard InChI is InChI=1S/C16H10BrClN2O/c17-13-5-3-6-14(9-13)20-16(21)12(10-19)8-11-4-1-2-7-15(11)18/h1-9H,(H,20,21)/b12-8-. The number of hydrogen-bond donors (Lipinski definition) is 1. The van der Waals surface area contributed by atoms with Crippen LogP contribution in [0.3, 0.4) is 0 Å². The molecule has 5 heteroatoms. The van der Waals surface area contributed by atoms with Crippen LogP contribution in [-0.2, 0) is 4.79 Å². The average molecular weight is 362 g/mol. The number of nitrogens with one attached hydrogen (secondary N) is 1. The van der Waals surface area contributed by atoms with E-state index in [0.29, 0.717) is 16.3 Å². The van der Waals surface area contributed by atoms with Crippen LogP contribution >= 0.6 is 27.5 Å². The van der Waals surface area contributed by atoms with Gasteiger partial charge in [0.1, 0.15) is 11.6 Å². The Labute approximate surface area is 136 Å². The van der Waals surface area contributed by atoms with E-state index in [-0.39, 0.29) is 5.57 Å². The fraction of sp³-hybridized carbons (Fsp3) is 0. The molecule has 2 aromatic carbocycles. The minimum atomic E-state index is -0.476. The number of rotatable bonds is 3. The summed E-state index contributed by atoms with van der Waals surface area (Å²) in [6, 6.07) is 16.1. The first kappa shape index (κ1) is 15.3. The van der Waals surface area contributed by atoms with E-state index in [9.17, 15) is 4.79 Å². The van der Waals surface area contributed by atoms with Crippen LogP contribution < -0.4 is 5.32 Å². The molecule has 21 heavy (non-hydrogen) atoms. The second-order valence-corrected chi connectivity index (χ2v) is 5.48. The molecule has 0 saturated carbocycles. The average Bonchev–Trinajstić information content (AvgIpc) is 2.46. The van der Waals surface area contributed by atoms with Crippen molar-refractivity contribution < 1.29 is 4.79 Å². The van der Waals surface area contributed by atoms with Gasteiger partial charge < -0.3 is 5.32 Å². The van der Waals surface area contributed by atoms with Gasteiger partial charge in [0.2, 0.25) is 0 Å². The molecule has 1 N–H and O–H groups in total. The van der Waals surface area contributed by atoms with Gasteiger partial charge in [-0.1, -0.05) is 51.8 Å². The largest absolute Gasteiger partial charge is 0.321 e. The predicted molar refractivity (Wildman–Crippen MR) is 87.8 cm³/mol. The zero-order valence-corrected chi connectivity index (χ0v) is 13.1. The third-order valence-electron chi connectivity index (χ3n) is 2.65. The molecule has 0 heterocycles. The van der Waals surface area contributed by atoms with E-state index in [1.165, 1.54) is 6.08 Å². The molecule has 0 aliphatic carbocycles. The van der Waals surface area contributed by atoms with Gasteiger partial charge in [-0.25, -0.2) is 0 Å². The first-order chi connectivity index (χ1) is 10.1. The minimum absolute atomic E-state index is 0.0110. The Balaban J connectivity index is 2.24. The third kappa shape index (κ3) is 4.19. The number of benzene rings is 2. The summed E-state index contributed by atoms with van der Waals surface area (Å²) in [5, 5.41) is 12.3. The Morgan fingerprint density at radius 1 is 1.24 bits per heavy atom. The van der Waals surface area contributed by atoms with Gasteiger partial charge in [-0.2, -0.15) is 5.26 Å². The predicted octanol–water partition coefficient (Wildman–Crippen LogP) is 4.65. The molecular formula is C16H10BrClN2O. The van der Waals surface area contributed by atoms with Crippen LogP contribution in [-0.4, -0.2) is 5.91 Å². The van der Waals surface area contributed by atoms with Crippen molar-refractivity contribution in [1.29, 1.82) is 5.26 Å². The smallest absolute Gasteiger partial charge is 0.266 e. The van der Waals surface area contributed by atoms with Crippen LogP contribution in [0.5, 0.6) is 0 Å². The van der Waals surface area contributed by atoms with Gasteiger partial charge in [0.05, 0.1) is 0 Å². The van der Waals surface area contributed by atoms with E-state index in [4.69, 9.17) is 16.9 Å². The number of halogens is 2. The Morgan fingerprint density at radius 2 is 2.00 bits per heavy atom. The Kier molecular flexibility index (Phi) is 5.15. The number of amides is 1. The number of nitrogens with zero attached hydrogens (tertiary/aromatic N) is 1. The summed E-state index contributed by atoms with van der Waals surface area (Å²) in [5.74, 6) is -0.476. The maximum absolute atomic E-state index is 12.1. The first-order valence-electron chi connectivity index (χ1n) is 6.03. The van der Waals surface area contributed by atoms with Crippen molar-refractivity contribution in [3.05, 3.63) is 69.2 Å².